The fourth-order valence-corrected chi connectivity index (χ4v) is 4.12. The number of benzene rings is 1. The van der Waals surface area contributed by atoms with Crippen LogP contribution in [-0.4, -0.2) is 5.97 Å². The van der Waals surface area contributed by atoms with E-state index in [9.17, 15) is 9.59 Å². The Morgan fingerprint density at radius 3 is 2.82 bits per heavy atom. The van der Waals surface area contributed by atoms with Gasteiger partial charge in [0.25, 0.3) is 0 Å². The number of hydrogen-bond donors (Lipinski definition) is 0. The van der Waals surface area contributed by atoms with E-state index < -0.39 is 5.63 Å². The minimum atomic E-state index is -0.405. The number of ether oxygens (including phenoxy) is 1. The first kappa shape index (κ1) is 13.6. The molecule has 2 aliphatic carbocycles. The Morgan fingerprint density at radius 1 is 1.18 bits per heavy atom. The van der Waals surface area contributed by atoms with Gasteiger partial charge in [0.1, 0.15) is 11.3 Å². The number of esters is 1. The first-order chi connectivity index (χ1) is 10.7. The highest BCUT2D eigenvalue weighted by atomic mass is 16.5. The molecular formula is C18H18O4. The molecule has 1 aromatic carbocycles. The SMILES string of the molecule is O=C(C[C@@H]1C[C@H]2CC[C@@H]1C2)Oc1ccc2ccc(=O)oc2c1. The van der Waals surface area contributed by atoms with Crippen molar-refractivity contribution in [3.05, 3.63) is 40.8 Å². The number of carbonyl (C=O) groups excluding carboxylic acids is 1. The molecule has 0 spiro atoms. The number of carbonyl (C=O) groups is 1. The summed E-state index contributed by atoms with van der Waals surface area (Å²) in [7, 11) is 0. The van der Waals surface area contributed by atoms with E-state index >= 15 is 0 Å². The molecule has 4 heteroatoms. The van der Waals surface area contributed by atoms with Crippen LogP contribution < -0.4 is 10.4 Å². The fourth-order valence-electron chi connectivity index (χ4n) is 4.12. The van der Waals surface area contributed by atoms with Gasteiger partial charge in [-0.05, 0) is 55.2 Å². The summed E-state index contributed by atoms with van der Waals surface area (Å²) in [6.07, 6.45) is 5.56. The summed E-state index contributed by atoms with van der Waals surface area (Å²) >= 11 is 0. The molecule has 2 saturated carbocycles. The molecule has 2 bridgehead atoms. The minimum absolute atomic E-state index is 0.185. The Labute approximate surface area is 128 Å². The minimum Gasteiger partial charge on any atom is -0.426 e. The lowest BCUT2D eigenvalue weighted by molar-refractivity contribution is -0.135. The third-order valence-corrected chi connectivity index (χ3v) is 5.14. The van der Waals surface area contributed by atoms with E-state index in [0.29, 0.717) is 29.6 Å². The highest BCUT2D eigenvalue weighted by molar-refractivity contribution is 5.79. The van der Waals surface area contributed by atoms with Crippen molar-refractivity contribution >= 4 is 16.9 Å². The predicted octanol–water partition coefficient (Wildman–Crippen LogP) is 3.52. The van der Waals surface area contributed by atoms with Gasteiger partial charge in [-0.25, -0.2) is 4.79 Å². The Kier molecular flexibility index (Phi) is 3.25. The summed E-state index contributed by atoms with van der Waals surface area (Å²) in [6, 6.07) is 8.21. The van der Waals surface area contributed by atoms with Crippen LogP contribution in [0.1, 0.15) is 32.1 Å². The highest BCUT2D eigenvalue weighted by Gasteiger charge is 2.40. The van der Waals surface area contributed by atoms with Crippen molar-refractivity contribution in [1.82, 2.24) is 0 Å². The van der Waals surface area contributed by atoms with Gasteiger partial charge in [-0.15, -0.1) is 0 Å². The summed E-state index contributed by atoms with van der Waals surface area (Å²) in [6.45, 7) is 0. The second-order valence-corrected chi connectivity index (χ2v) is 6.57. The maximum Gasteiger partial charge on any atom is 0.336 e. The van der Waals surface area contributed by atoms with Crippen LogP contribution in [0.5, 0.6) is 5.75 Å². The van der Waals surface area contributed by atoms with E-state index in [1.807, 2.05) is 0 Å². The largest absolute Gasteiger partial charge is 0.426 e. The van der Waals surface area contributed by atoms with Crippen LogP contribution in [0.4, 0.5) is 0 Å². The molecule has 2 fully saturated rings. The molecule has 114 valence electrons. The molecule has 22 heavy (non-hydrogen) atoms. The number of rotatable bonds is 3. The van der Waals surface area contributed by atoms with E-state index in [1.54, 1.807) is 24.3 Å². The van der Waals surface area contributed by atoms with E-state index in [4.69, 9.17) is 9.15 Å². The summed E-state index contributed by atoms with van der Waals surface area (Å²) in [4.78, 5) is 23.4. The third kappa shape index (κ3) is 2.54. The average molecular weight is 298 g/mol. The third-order valence-electron chi connectivity index (χ3n) is 5.14. The molecule has 1 heterocycles. The van der Waals surface area contributed by atoms with Crippen molar-refractivity contribution in [2.75, 3.05) is 0 Å². The standard InChI is InChI=1S/C18H18O4/c19-17-6-4-12-3-5-15(10-16(12)22-17)21-18(20)9-14-8-11-1-2-13(14)7-11/h3-6,10-11,13-14H,1-2,7-9H2/t11-,13+,14-/m0/s1. The molecule has 2 aliphatic rings. The van der Waals surface area contributed by atoms with Crippen LogP contribution in [0.2, 0.25) is 0 Å². The van der Waals surface area contributed by atoms with Crippen molar-refractivity contribution in [2.24, 2.45) is 17.8 Å². The molecule has 2 aromatic rings. The van der Waals surface area contributed by atoms with Gasteiger partial charge in [0.2, 0.25) is 0 Å². The number of hydrogen-bond acceptors (Lipinski definition) is 4. The van der Waals surface area contributed by atoms with Crippen LogP contribution in [0.25, 0.3) is 11.0 Å². The molecule has 0 amide bonds. The molecule has 0 N–H and O–H groups in total. The van der Waals surface area contributed by atoms with E-state index in [1.165, 1.54) is 31.7 Å². The molecule has 1 aromatic heterocycles. The van der Waals surface area contributed by atoms with Crippen LogP contribution in [0.3, 0.4) is 0 Å². The first-order valence-corrected chi connectivity index (χ1v) is 7.92. The molecule has 0 saturated heterocycles. The monoisotopic (exact) mass is 298 g/mol. The number of fused-ring (bicyclic) bond motifs is 3. The zero-order valence-electron chi connectivity index (χ0n) is 12.3. The molecule has 0 aliphatic heterocycles. The Hall–Kier alpha value is -2.10. The van der Waals surface area contributed by atoms with Gasteiger partial charge in [-0.1, -0.05) is 6.42 Å². The second-order valence-electron chi connectivity index (χ2n) is 6.57. The van der Waals surface area contributed by atoms with Crippen molar-refractivity contribution in [1.29, 1.82) is 0 Å². The van der Waals surface area contributed by atoms with Gasteiger partial charge in [0.05, 0.1) is 0 Å². The molecule has 3 atom stereocenters. The van der Waals surface area contributed by atoms with Crippen molar-refractivity contribution in [3.63, 3.8) is 0 Å². The molecule has 0 unspecified atom stereocenters. The molecular weight excluding hydrogens is 280 g/mol. The molecule has 4 rings (SSSR count). The van der Waals surface area contributed by atoms with E-state index in [2.05, 4.69) is 0 Å². The Morgan fingerprint density at radius 2 is 2.05 bits per heavy atom. The molecule has 0 radical (unpaired) electrons. The lowest BCUT2D eigenvalue weighted by Crippen LogP contribution is -2.18. The zero-order chi connectivity index (χ0) is 15.1. The van der Waals surface area contributed by atoms with Crippen LogP contribution >= 0.6 is 0 Å². The Bertz CT molecular complexity index is 776. The van der Waals surface area contributed by atoms with Gasteiger partial charge in [0.15, 0.2) is 0 Å². The fraction of sp³-hybridized carbons (Fsp3) is 0.444. The van der Waals surface area contributed by atoms with E-state index in [-0.39, 0.29) is 5.97 Å². The highest BCUT2D eigenvalue weighted by Crippen LogP contribution is 2.49. The van der Waals surface area contributed by atoms with Gasteiger partial charge >= 0.3 is 11.6 Å². The smallest absolute Gasteiger partial charge is 0.336 e. The second kappa shape index (κ2) is 5.27. The lowest BCUT2D eigenvalue weighted by atomic mass is 9.86. The van der Waals surface area contributed by atoms with Crippen LogP contribution in [0.15, 0.2) is 39.5 Å². The van der Waals surface area contributed by atoms with Crippen LogP contribution in [0, 0.1) is 17.8 Å². The summed E-state index contributed by atoms with van der Waals surface area (Å²) < 4.78 is 10.5. The summed E-state index contributed by atoms with van der Waals surface area (Å²) in [5, 5.41) is 0.813. The zero-order valence-corrected chi connectivity index (χ0v) is 12.3. The predicted molar refractivity (Wildman–Crippen MR) is 81.7 cm³/mol. The summed E-state index contributed by atoms with van der Waals surface area (Å²) in [5.74, 6) is 2.29. The maximum absolute atomic E-state index is 12.1. The maximum atomic E-state index is 12.1. The Balaban J connectivity index is 1.46. The van der Waals surface area contributed by atoms with Gasteiger partial charge in [-0.2, -0.15) is 0 Å². The van der Waals surface area contributed by atoms with Crippen molar-refractivity contribution in [3.8, 4) is 5.75 Å². The lowest BCUT2D eigenvalue weighted by Gasteiger charge is -2.20. The summed E-state index contributed by atoms with van der Waals surface area (Å²) in [5.41, 5.74) is 0.0377. The van der Waals surface area contributed by atoms with Crippen molar-refractivity contribution < 1.29 is 13.9 Å². The van der Waals surface area contributed by atoms with Gasteiger partial charge in [0, 0.05) is 23.9 Å². The van der Waals surface area contributed by atoms with Crippen molar-refractivity contribution in [2.45, 2.75) is 32.1 Å². The van der Waals surface area contributed by atoms with Gasteiger partial charge < -0.3 is 9.15 Å². The topological polar surface area (TPSA) is 56.5 Å². The first-order valence-electron chi connectivity index (χ1n) is 7.92. The van der Waals surface area contributed by atoms with Gasteiger partial charge in [-0.3, -0.25) is 4.79 Å². The molecule has 4 nitrogen and oxygen atoms in total. The van der Waals surface area contributed by atoms with E-state index in [0.717, 1.165) is 11.3 Å². The van der Waals surface area contributed by atoms with Crippen LogP contribution in [-0.2, 0) is 4.79 Å². The average Bonchev–Trinajstić information content (AvgIpc) is 3.09. The normalized spacial score (nSPS) is 26.5. The quantitative estimate of drug-likeness (QED) is 0.494.